The van der Waals surface area contributed by atoms with E-state index in [-0.39, 0.29) is 0 Å². The lowest BCUT2D eigenvalue weighted by Crippen LogP contribution is -2.44. The van der Waals surface area contributed by atoms with Crippen LogP contribution in [0.5, 0.6) is 0 Å². The topological polar surface area (TPSA) is 15.3 Å². The van der Waals surface area contributed by atoms with Crippen molar-refractivity contribution in [1.82, 2.24) is 10.2 Å². The molecule has 0 aromatic heterocycles. The highest BCUT2D eigenvalue weighted by atomic mass is 32.2. The lowest BCUT2D eigenvalue weighted by molar-refractivity contribution is 0.219. The first-order chi connectivity index (χ1) is 7.27. The molecule has 1 aliphatic rings. The second-order valence-electron chi connectivity index (χ2n) is 4.37. The van der Waals surface area contributed by atoms with E-state index in [1.165, 1.54) is 37.4 Å². The Balaban J connectivity index is 2.16. The number of nitrogens with one attached hydrogen (secondary N) is 1. The van der Waals surface area contributed by atoms with E-state index in [2.05, 4.69) is 42.7 Å². The van der Waals surface area contributed by atoms with Gasteiger partial charge in [-0.05, 0) is 44.4 Å². The molecule has 0 spiro atoms. The van der Waals surface area contributed by atoms with Gasteiger partial charge >= 0.3 is 0 Å². The zero-order valence-corrected chi connectivity index (χ0v) is 11.3. The minimum Gasteiger partial charge on any atom is -0.312 e. The predicted octanol–water partition coefficient (Wildman–Crippen LogP) is 2.20. The number of likely N-dealkylation sites (N-methyl/N-ethyl adjacent to an activating group) is 1. The molecule has 0 aromatic rings. The molecule has 1 unspecified atom stereocenters. The summed E-state index contributed by atoms with van der Waals surface area (Å²) >= 11 is 2.10. The second kappa shape index (κ2) is 7.53. The molecule has 0 aromatic carbocycles. The summed E-state index contributed by atoms with van der Waals surface area (Å²) in [6.07, 6.45) is 2.71. The van der Waals surface area contributed by atoms with Gasteiger partial charge in [-0.3, -0.25) is 4.90 Å². The van der Waals surface area contributed by atoms with E-state index in [1.807, 2.05) is 0 Å². The molecule has 1 rings (SSSR count). The quantitative estimate of drug-likeness (QED) is 0.753. The summed E-state index contributed by atoms with van der Waals surface area (Å²) in [6.45, 7) is 10.3. The molecule has 0 amide bonds. The van der Waals surface area contributed by atoms with E-state index in [0.717, 1.165) is 12.6 Å². The number of nitrogens with zero attached hydrogens (tertiary/aromatic N) is 1. The normalized spacial score (nSPS) is 20.8. The largest absolute Gasteiger partial charge is 0.312 e. The lowest BCUT2D eigenvalue weighted by Gasteiger charge is -2.30. The zero-order valence-electron chi connectivity index (χ0n) is 10.5. The third kappa shape index (κ3) is 4.75. The van der Waals surface area contributed by atoms with Crippen molar-refractivity contribution >= 4 is 11.8 Å². The van der Waals surface area contributed by atoms with Crippen LogP contribution in [0.1, 0.15) is 33.6 Å². The van der Waals surface area contributed by atoms with E-state index < -0.39 is 0 Å². The number of hydrogen-bond donors (Lipinski definition) is 1. The van der Waals surface area contributed by atoms with Gasteiger partial charge in [-0.1, -0.05) is 13.8 Å². The van der Waals surface area contributed by atoms with Crippen molar-refractivity contribution in [2.75, 3.05) is 31.1 Å². The molecule has 90 valence electrons. The Morgan fingerprint density at radius 1 is 1.27 bits per heavy atom. The molecule has 3 heteroatoms. The van der Waals surface area contributed by atoms with Gasteiger partial charge in [0.05, 0.1) is 0 Å². The van der Waals surface area contributed by atoms with Gasteiger partial charge in [0, 0.05) is 18.6 Å². The van der Waals surface area contributed by atoms with Gasteiger partial charge in [0.25, 0.3) is 0 Å². The third-order valence-corrected chi connectivity index (χ3v) is 4.41. The third-order valence-electron chi connectivity index (χ3n) is 3.36. The van der Waals surface area contributed by atoms with Crippen LogP contribution in [0.2, 0.25) is 0 Å². The molecule has 1 heterocycles. The first kappa shape index (κ1) is 13.3. The standard InChI is InChI=1S/C12H26N2S/c1-4-14(5-2)11(3)10-13-12-6-8-15-9-7-12/h11-13H,4-10H2,1-3H3. The SMILES string of the molecule is CCN(CC)C(C)CNC1CCSCC1. The van der Waals surface area contributed by atoms with E-state index in [1.54, 1.807) is 0 Å². The van der Waals surface area contributed by atoms with E-state index in [4.69, 9.17) is 0 Å². The maximum atomic E-state index is 3.72. The van der Waals surface area contributed by atoms with Crippen LogP contribution in [0.4, 0.5) is 0 Å². The second-order valence-corrected chi connectivity index (χ2v) is 5.59. The van der Waals surface area contributed by atoms with Crippen LogP contribution >= 0.6 is 11.8 Å². The number of thioether (sulfide) groups is 1. The lowest BCUT2D eigenvalue weighted by atomic mass is 10.1. The van der Waals surface area contributed by atoms with Crippen LogP contribution in [-0.2, 0) is 0 Å². The van der Waals surface area contributed by atoms with E-state index in [9.17, 15) is 0 Å². The minimum absolute atomic E-state index is 0.676. The summed E-state index contributed by atoms with van der Waals surface area (Å²) in [5.41, 5.74) is 0. The summed E-state index contributed by atoms with van der Waals surface area (Å²) in [7, 11) is 0. The van der Waals surface area contributed by atoms with Crippen LogP contribution in [0.3, 0.4) is 0 Å². The summed E-state index contributed by atoms with van der Waals surface area (Å²) < 4.78 is 0. The highest BCUT2D eigenvalue weighted by Crippen LogP contribution is 2.16. The Morgan fingerprint density at radius 2 is 1.87 bits per heavy atom. The Bertz CT molecular complexity index is 154. The van der Waals surface area contributed by atoms with Gasteiger partial charge < -0.3 is 5.32 Å². The van der Waals surface area contributed by atoms with Gasteiger partial charge in [0.15, 0.2) is 0 Å². The molecule has 1 N–H and O–H groups in total. The predicted molar refractivity (Wildman–Crippen MR) is 70.7 cm³/mol. The van der Waals surface area contributed by atoms with Crippen LogP contribution in [-0.4, -0.2) is 48.1 Å². The summed E-state index contributed by atoms with van der Waals surface area (Å²) in [5, 5.41) is 3.72. The van der Waals surface area contributed by atoms with Crippen molar-refractivity contribution < 1.29 is 0 Å². The average Bonchev–Trinajstić information content (AvgIpc) is 2.29. The highest BCUT2D eigenvalue weighted by molar-refractivity contribution is 7.99. The molecule has 0 radical (unpaired) electrons. The fraction of sp³-hybridized carbons (Fsp3) is 1.00. The number of hydrogen-bond acceptors (Lipinski definition) is 3. The summed E-state index contributed by atoms with van der Waals surface area (Å²) in [6, 6.07) is 1.46. The van der Waals surface area contributed by atoms with Crippen LogP contribution in [0, 0.1) is 0 Å². The Kier molecular flexibility index (Phi) is 6.69. The van der Waals surface area contributed by atoms with Gasteiger partial charge in [-0.15, -0.1) is 0 Å². The van der Waals surface area contributed by atoms with Crippen molar-refractivity contribution in [2.45, 2.75) is 45.7 Å². The van der Waals surface area contributed by atoms with Crippen LogP contribution in [0.25, 0.3) is 0 Å². The Morgan fingerprint density at radius 3 is 2.40 bits per heavy atom. The van der Waals surface area contributed by atoms with E-state index in [0.29, 0.717) is 6.04 Å². The smallest absolute Gasteiger partial charge is 0.0192 e. The molecule has 1 fully saturated rings. The van der Waals surface area contributed by atoms with Crippen molar-refractivity contribution in [3.05, 3.63) is 0 Å². The highest BCUT2D eigenvalue weighted by Gasteiger charge is 2.15. The van der Waals surface area contributed by atoms with Gasteiger partial charge in [-0.25, -0.2) is 0 Å². The molecule has 2 nitrogen and oxygen atoms in total. The van der Waals surface area contributed by atoms with Crippen molar-refractivity contribution in [1.29, 1.82) is 0 Å². The maximum absolute atomic E-state index is 3.72. The summed E-state index contributed by atoms with van der Waals surface area (Å²) in [4.78, 5) is 2.52. The van der Waals surface area contributed by atoms with Gasteiger partial charge in [0.2, 0.25) is 0 Å². The molecule has 15 heavy (non-hydrogen) atoms. The molecule has 0 bridgehead atoms. The fourth-order valence-corrected chi connectivity index (χ4v) is 3.32. The molecular formula is C12H26N2S. The Labute approximate surface area is 99.2 Å². The molecule has 0 saturated carbocycles. The van der Waals surface area contributed by atoms with Crippen LogP contribution < -0.4 is 5.32 Å². The average molecular weight is 230 g/mol. The molecule has 1 aliphatic heterocycles. The first-order valence-corrected chi connectivity index (χ1v) is 7.48. The molecule has 1 atom stereocenters. The monoisotopic (exact) mass is 230 g/mol. The van der Waals surface area contributed by atoms with Crippen molar-refractivity contribution in [3.63, 3.8) is 0 Å². The number of rotatable bonds is 6. The summed E-state index contributed by atoms with van der Waals surface area (Å²) in [5.74, 6) is 2.69. The van der Waals surface area contributed by atoms with Crippen molar-refractivity contribution in [2.24, 2.45) is 0 Å². The first-order valence-electron chi connectivity index (χ1n) is 6.33. The van der Waals surface area contributed by atoms with Gasteiger partial charge in [-0.2, -0.15) is 11.8 Å². The zero-order chi connectivity index (χ0) is 11.1. The maximum Gasteiger partial charge on any atom is 0.0192 e. The van der Waals surface area contributed by atoms with Crippen molar-refractivity contribution in [3.8, 4) is 0 Å². The molecule has 1 saturated heterocycles. The fourth-order valence-electron chi connectivity index (χ4n) is 2.21. The van der Waals surface area contributed by atoms with Gasteiger partial charge in [0.1, 0.15) is 0 Å². The van der Waals surface area contributed by atoms with Crippen LogP contribution in [0.15, 0.2) is 0 Å². The van der Waals surface area contributed by atoms with E-state index >= 15 is 0 Å². The molecular weight excluding hydrogens is 204 g/mol. The Hall–Kier alpha value is 0.270. The minimum atomic E-state index is 0.676. The molecule has 0 aliphatic carbocycles.